The molecule has 0 saturated carbocycles. The Morgan fingerprint density at radius 3 is 2.94 bits per heavy atom. The summed E-state index contributed by atoms with van der Waals surface area (Å²) in [7, 11) is 0. The van der Waals surface area contributed by atoms with Crippen molar-refractivity contribution in [2.45, 2.75) is 24.6 Å². The normalized spacial score (nSPS) is 12.7. The fourth-order valence-corrected chi connectivity index (χ4v) is 3.55. The Bertz CT molecular complexity index is 534. The molecule has 0 aliphatic rings. The average Bonchev–Trinajstić information content (AvgIpc) is 2.81. The first-order chi connectivity index (χ1) is 8.83. The molecule has 0 aliphatic heterocycles. The lowest BCUT2D eigenvalue weighted by Gasteiger charge is -1.94. The summed E-state index contributed by atoms with van der Waals surface area (Å²) in [6.07, 6.45) is 7.69. The Hall–Kier alpha value is -1.06. The topological polar surface area (TPSA) is 12.9 Å². The number of hydrogen-bond acceptors (Lipinski definition) is 3. The summed E-state index contributed by atoms with van der Waals surface area (Å²) in [5.74, 6) is 0.983. The van der Waals surface area contributed by atoms with Gasteiger partial charge in [-0.3, -0.25) is 0 Å². The minimum atomic E-state index is 0.983. The summed E-state index contributed by atoms with van der Waals surface area (Å²) in [6, 6.07) is 8.30. The van der Waals surface area contributed by atoms with E-state index in [0.29, 0.717) is 0 Å². The molecule has 0 fully saturated rings. The van der Waals surface area contributed by atoms with Gasteiger partial charge in [-0.15, -0.1) is 11.3 Å². The molecule has 0 N–H and O–H groups in total. The molecule has 1 aromatic heterocycles. The zero-order valence-electron chi connectivity index (χ0n) is 10.7. The van der Waals surface area contributed by atoms with Crippen LogP contribution in [0.2, 0.25) is 0 Å². The van der Waals surface area contributed by atoms with Gasteiger partial charge < -0.3 is 0 Å². The van der Waals surface area contributed by atoms with Crippen LogP contribution in [0.1, 0.15) is 20.3 Å². The molecule has 18 heavy (non-hydrogen) atoms. The third kappa shape index (κ3) is 3.47. The van der Waals surface area contributed by atoms with Crippen molar-refractivity contribution in [3.8, 4) is 0 Å². The highest BCUT2D eigenvalue weighted by Crippen LogP contribution is 2.29. The standard InChI is InChI=1S/C15H17NS2/c1-3-12(4-2)8-7-11-17-15-16-13-9-5-6-10-14(13)18-15/h3,5-10H,4,11H2,1-2H3/b8-7+,12-3+. The molecule has 0 saturated heterocycles. The largest absolute Gasteiger partial charge is 0.230 e. The van der Waals surface area contributed by atoms with Crippen molar-refractivity contribution >= 4 is 33.3 Å². The molecular weight excluding hydrogens is 258 g/mol. The van der Waals surface area contributed by atoms with Gasteiger partial charge in [0.25, 0.3) is 0 Å². The second kappa shape index (κ2) is 6.76. The monoisotopic (exact) mass is 275 g/mol. The van der Waals surface area contributed by atoms with Crippen LogP contribution < -0.4 is 0 Å². The van der Waals surface area contributed by atoms with Gasteiger partial charge in [0, 0.05) is 5.75 Å². The minimum Gasteiger partial charge on any atom is -0.230 e. The molecule has 0 radical (unpaired) electrons. The van der Waals surface area contributed by atoms with Crippen LogP contribution in [-0.4, -0.2) is 10.7 Å². The lowest BCUT2D eigenvalue weighted by atomic mass is 10.2. The van der Waals surface area contributed by atoms with Crippen LogP contribution in [0.15, 0.2) is 52.4 Å². The van der Waals surface area contributed by atoms with E-state index in [2.05, 4.69) is 55.3 Å². The van der Waals surface area contributed by atoms with E-state index in [4.69, 9.17) is 0 Å². The SMILES string of the molecule is C/C=C(/C=C/CSc1nc2ccccc2s1)CC. The molecule has 0 unspecified atom stereocenters. The van der Waals surface area contributed by atoms with E-state index in [0.717, 1.165) is 22.0 Å². The lowest BCUT2D eigenvalue weighted by molar-refractivity contribution is 1.14. The number of aromatic nitrogens is 1. The summed E-state index contributed by atoms with van der Waals surface area (Å²) < 4.78 is 2.42. The zero-order chi connectivity index (χ0) is 12.8. The Balaban J connectivity index is 1.94. The summed E-state index contributed by atoms with van der Waals surface area (Å²) >= 11 is 3.57. The number of hydrogen-bond donors (Lipinski definition) is 0. The zero-order valence-corrected chi connectivity index (χ0v) is 12.4. The predicted molar refractivity (Wildman–Crippen MR) is 83.5 cm³/mol. The van der Waals surface area contributed by atoms with Crippen molar-refractivity contribution in [1.82, 2.24) is 4.98 Å². The maximum atomic E-state index is 4.60. The summed E-state index contributed by atoms with van der Waals surface area (Å²) in [5, 5.41) is 0. The molecule has 0 aliphatic carbocycles. The summed E-state index contributed by atoms with van der Waals surface area (Å²) in [5.41, 5.74) is 2.50. The highest BCUT2D eigenvalue weighted by molar-refractivity contribution is 8.01. The van der Waals surface area contributed by atoms with Crippen LogP contribution in [0, 0.1) is 0 Å². The van der Waals surface area contributed by atoms with Crippen molar-refractivity contribution < 1.29 is 0 Å². The van der Waals surface area contributed by atoms with Crippen molar-refractivity contribution in [3.05, 3.63) is 48.1 Å². The van der Waals surface area contributed by atoms with Gasteiger partial charge in [0.2, 0.25) is 0 Å². The Kier molecular flexibility index (Phi) is 5.02. The second-order valence-corrected chi connectivity index (χ2v) is 6.18. The maximum Gasteiger partial charge on any atom is 0.151 e. The quantitative estimate of drug-likeness (QED) is 0.542. The molecule has 0 amide bonds. The molecule has 2 aromatic rings. The van der Waals surface area contributed by atoms with E-state index in [-0.39, 0.29) is 0 Å². The van der Waals surface area contributed by atoms with E-state index in [1.807, 2.05) is 6.07 Å². The molecule has 1 heterocycles. The molecule has 94 valence electrons. The first kappa shape index (κ1) is 13.4. The molecule has 3 heteroatoms. The molecule has 1 aromatic carbocycles. The number of thioether (sulfide) groups is 1. The van der Waals surface area contributed by atoms with E-state index in [1.165, 1.54) is 10.3 Å². The number of para-hydroxylation sites is 1. The van der Waals surface area contributed by atoms with Crippen LogP contribution in [0.4, 0.5) is 0 Å². The van der Waals surface area contributed by atoms with Gasteiger partial charge in [-0.1, -0.05) is 54.6 Å². The van der Waals surface area contributed by atoms with Gasteiger partial charge in [0.1, 0.15) is 0 Å². The van der Waals surface area contributed by atoms with Gasteiger partial charge in [0.15, 0.2) is 4.34 Å². The maximum absolute atomic E-state index is 4.60. The Morgan fingerprint density at radius 1 is 1.39 bits per heavy atom. The number of nitrogens with zero attached hydrogens (tertiary/aromatic N) is 1. The first-order valence-corrected chi connectivity index (χ1v) is 7.93. The fraction of sp³-hybridized carbons (Fsp3) is 0.267. The van der Waals surface area contributed by atoms with Crippen molar-refractivity contribution in [3.63, 3.8) is 0 Å². The predicted octanol–water partition coefficient (Wildman–Crippen LogP) is 5.30. The van der Waals surface area contributed by atoms with Crippen LogP contribution >= 0.6 is 23.1 Å². The highest BCUT2D eigenvalue weighted by atomic mass is 32.2. The van der Waals surface area contributed by atoms with Crippen LogP contribution in [0.25, 0.3) is 10.2 Å². The van der Waals surface area contributed by atoms with Crippen LogP contribution in [0.3, 0.4) is 0 Å². The van der Waals surface area contributed by atoms with Gasteiger partial charge >= 0.3 is 0 Å². The van der Waals surface area contributed by atoms with E-state index in [1.54, 1.807) is 23.1 Å². The van der Waals surface area contributed by atoms with E-state index < -0.39 is 0 Å². The van der Waals surface area contributed by atoms with Crippen molar-refractivity contribution in [2.24, 2.45) is 0 Å². The average molecular weight is 275 g/mol. The molecule has 1 nitrogen and oxygen atoms in total. The highest BCUT2D eigenvalue weighted by Gasteiger charge is 2.01. The fourth-order valence-electron chi connectivity index (χ4n) is 1.65. The van der Waals surface area contributed by atoms with Crippen LogP contribution in [0.5, 0.6) is 0 Å². The van der Waals surface area contributed by atoms with Crippen molar-refractivity contribution in [2.75, 3.05) is 5.75 Å². The second-order valence-electron chi connectivity index (χ2n) is 3.88. The third-order valence-electron chi connectivity index (χ3n) is 2.69. The van der Waals surface area contributed by atoms with Gasteiger partial charge in [-0.2, -0.15) is 0 Å². The molecule has 0 atom stereocenters. The lowest BCUT2D eigenvalue weighted by Crippen LogP contribution is -1.75. The smallest absolute Gasteiger partial charge is 0.151 e. The molecule has 0 bridgehead atoms. The van der Waals surface area contributed by atoms with Crippen molar-refractivity contribution in [1.29, 1.82) is 0 Å². The summed E-state index contributed by atoms with van der Waals surface area (Å²) in [4.78, 5) is 4.60. The first-order valence-electron chi connectivity index (χ1n) is 6.13. The Labute approximate surface area is 117 Å². The van der Waals surface area contributed by atoms with Gasteiger partial charge in [0.05, 0.1) is 10.2 Å². The number of rotatable bonds is 5. The molecule has 0 spiro atoms. The van der Waals surface area contributed by atoms with Gasteiger partial charge in [-0.05, 0) is 25.5 Å². The number of benzene rings is 1. The number of allylic oxidation sites excluding steroid dienone is 3. The summed E-state index contributed by atoms with van der Waals surface area (Å²) in [6.45, 7) is 4.27. The third-order valence-corrected chi connectivity index (χ3v) is 4.82. The molecular formula is C15H17NS2. The molecule has 2 rings (SSSR count). The number of fused-ring (bicyclic) bond motifs is 1. The Morgan fingerprint density at radius 2 is 2.22 bits per heavy atom. The van der Waals surface area contributed by atoms with E-state index in [9.17, 15) is 0 Å². The van der Waals surface area contributed by atoms with Gasteiger partial charge in [-0.25, -0.2) is 4.98 Å². The minimum absolute atomic E-state index is 0.983. The number of thiazole rings is 1. The van der Waals surface area contributed by atoms with Crippen LogP contribution in [-0.2, 0) is 0 Å². The van der Waals surface area contributed by atoms with E-state index >= 15 is 0 Å².